The van der Waals surface area contributed by atoms with Gasteiger partial charge in [-0.25, -0.2) is 4.79 Å². The standard InChI is InChI=1S/C17H21NO4S/c19-16(14-6-7-15(22-14)17(20)21)18-9-8-12(10-18)11-23-13-4-2-1-3-5-13/h1-5,12,14-15H,6-11H2,(H,20,21)/t12?,14-,15+/m0/s1. The molecule has 2 aliphatic rings. The molecule has 0 radical (unpaired) electrons. The molecule has 3 rings (SSSR count). The van der Waals surface area contributed by atoms with Gasteiger partial charge in [-0.15, -0.1) is 11.8 Å². The number of aliphatic carboxylic acids is 1. The third kappa shape index (κ3) is 4.06. The van der Waals surface area contributed by atoms with Crippen molar-refractivity contribution in [3.63, 3.8) is 0 Å². The van der Waals surface area contributed by atoms with Crippen LogP contribution < -0.4 is 0 Å². The number of rotatable bonds is 5. The first kappa shape index (κ1) is 16.3. The van der Waals surface area contributed by atoms with Gasteiger partial charge in [0.05, 0.1) is 0 Å². The van der Waals surface area contributed by atoms with Gasteiger partial charge in [0.25, 0.3) is 5.91 Å². The summed E-state index contributed by atoms with van der Waals surface area (Å²) in [6.07, 6.45) is 0.538. The fourth-order valence-electron chi connectivity index (χ4n) is 3.10. The fraction of sp³-hybridized carbons (Fsp3) is 0.529. The van der Waals surface area contributed by atoms with E-state index in [1.165, 1.54) is 4.90 Å². The number of likely N-dealkylation sites (tertiary alicyclic amines) is 1. The summed E-state index contributed by atoms with van der Waals surface area (Å²) in [5.41, 5.74) is 0. The summed E-state index contributed by atoms with van der Waals surface area (Å²) in [4.78, 5) is 26.4. The third-order valence-corrected chi connectivity index (χ3v) is 5.64. The zero-order chi connectivity index (χ0) is 16.2. The summed E-state index contributed by atoms with van der Waals surface area (Å²) in [5.74, 6) is 0.470. The maximum atomic E-state index is 12.4. The summed E-state index contributed by atoms with van der Waals surface area (Å²) in [7, 11) is 0. The number of thioether (sulfide) groups is 1. The number of hydrogen-bond donors (Lipinski definition) is 1. The molecule has 2 fully saturated rings. The Balaban J connectivity index is 1.46. The Morgan fingerprint density at radius 3 is 2.61 bits per heavy atom. The molecule has 1 aromatic carbocycles. The molecule has 2 heterocycles. The van der Waals surface area contributed by atoms with Crippen LogP contribution in [-0.2, 0) is 14.3 Å². The number of carbonyl (C=O) groups is 2. The fourth-order valence-corrected chi connectivity index (χ4v) is 4.15. The monoisotopic (exact) mass is 335 g/mol. The Labute approximate surface area is 140 Å². The number of carboxylic acids is 1. The van der Waals surface area contributed by atoms with Crippen LogP contribution in [0.2, 0.25) is 0 Å². The molecule has 3 atom stereocenters. The average Bonchev–Trinajstić information content (AvgIpc) is 3.23. The summed E-state index contributed by atoms with van der Waals surface area (Å²) >= 11 is 1.82. The normalized spacial score (nSPS) is 27.3. The number of carboxylic acid groups (broad SMARTS) is 1. The minimum Gasteiger partial charge on any atom is -0.479 e. The van der Waals surface area contributed by atoms with Crippen LogP contribution in [0, 0.1) is 5.92 Å². The highest BCUT2D eigenvalue weighted by Gasteiger charge is 2.38. The SMILES string of the molecule is O=C(O)[C@H]1CC[C@@H](C(=O)N2CCC(CSc3ccccc3)C2)O1. The van der Waals surface area contributed by atoms with Crippen LogP contribution in [-0.4, -0.2) is 52.9 Å². The van der Waals surface area contributed by atoms with E-state index in [1.807, 2.05) is 34.9 Å². The molecule has 0 bridgehead atoms. The Morgan fingerprint density at radius 2 is 1.91 bits per heavy atom. The van der Waals surface area contributed by atoms with Gasteiger partial charge < -0.3 is 14.7 Å². The van der Waals surface area contributed by atoms with Gasteiger partial charge >= 0.3 is 5.97 Å². The van der Waals surface area contributed by atoms with Gasteiger partial charge in [0.1, 0.15) is 6.10 Å². The molecule has 1 unspecified atom stereocenters. The number of amides is 1. The van der Waals surface area contributed by atoms with Crippen LogP contribution in [0.1, 0.15) is 19.3 Å². The zero-order valence-corrected chi connectivity index (χ0v) is 13.7. The van der Waals surface area contributed by atoms with Gasteiger partial charge in [0.15, 0.2) is 6.10 Å². The van der Waals surface area contributed by atoms with E-state index in [0.717, 1.165) is 25.3 Å². The minimum atomic E-state index is -0.973. The maximum Gasteiger partial charge on any atom is 0.332 e. The van der Waals surface area contributed by atoms with E-state index in [1.54, 1.807) is 0 Å². The molecule has 1 aromatic rings. The van der Waals surface area contributed by atoms with Crippen molar-refractivity contribution >= 4 is 23.6 Å². The summed E-state index contributed by atoms with van der Waals surface area (Å²) in [5, 5.41) is 8.95. The summed E-state index contributed by atoms with van der Waals surface area (Å²) in [6, 6.07) is 10.3. The molecule has 5 nitrogen and oxygen atoms in total. The second-order valence-corrected chi connectivity index (χ2v) is 7.19. The Morgan fingerprint density at radius 1 is 1.17 bits per heavy atom. The average molecular weight is 335 g/mol. The first-order valence-corrected chi connectivity index (χ1v) is 8.97. The van der Waals surface area contributed by atoms with Gasteiger partial charge in [0.2, 0.25) is 0 Å². The quantitative estimate of drug-likeness (QED) is 0.836. The van der Waals surface area contributed by atoms with Crippen molar-refractivity contribution in [1.29, 1.82) is 0 Å². The summed E-state index contributed by atoms with van der Waals surface area (Å²) in [6.45, 7) is 1.49. The lowest BCUT2D eigenvalue weighted by Crippen LogP contribution is -2.38. The van der Waals surface area contributed by atoms with Crippen molar-refractivity contribution in [1.82, 2.24) is 4.90 Å². The highest BCUT2D eigenvalue weighted by molar-refractivity contribution is 7.99. The van der Waals surface area contributed by atoms with E-state index in [9.17, 15) is 9.59 Å². The minimum absolute atomic E-state index is 0.0408. The summed E-state index contributed by atoms with van der Waals surface area (Å²) < 4.78 is 5.37. The second kappa shape index (κ2) is 7.36. The molecule has 0 aliphatic carbocycles. The van der Waals surface area contributed by atoms with E-state index >= 15 is 0 Å². The molecule has 0 saturated carbocycles. The molecule has 1 amide bonds. The van der Waals surface area contributed by atoms with Gasteiger partial charge in [0, 0.05) is 23.7 Å². The molecule has 2 saturated heterocycles. The van der Waals surface area contributed by atoms with Crippen molar-refractivity contribution in [3.8, 4) is 0 Å². The molecule has 1 N–H and O–H groups in total. The van der Waals surface area contributed by atoms with Crippen molar-refractivity contribution in [2.24, 2.45) is 5.92 Å². The lowest BCUT2D eigenvalue weighted by molar-refractivity contribution is -0.154. The second-order valence-electron chi connectivity index (χ2n) is 6.09. The molecular formula is C17H21NO4S. The largest absolute Gasteiger partial charge is 0.479 e. The first-order valence-electron chi connectivity index (χ1n) is 7.98. The number of benzene rings is 1. The van der Waals surface area contributed by atoms with E-state index in [0.29, 0.717) is 18.8 Å². The van der Waals surface area contributed by atoms with Crippen molar-refractivity contribution in [2.45, 2.75) is 36.4 Å². The lowest BCUT2D eigenvalue weighted by Gasteiger charge is -2.20. The molecule has 23 heavy (non-hydrogen) atoms. The van der Waals surface area contributed by atoms with Crippen LogP contribution in [0.3, 0.4) is 0 Å². The van der Waals surface area contributed by atoms with Crippen LogP contribution in [0.5, 0.6) is 0 Å². The topological polar surface area (TPSA) is 66.8 Å². The van der Waals surface area contributed by atoms with Gasteiger partial charge in [-0.1, -0.05) is 18.2 Å². The smallest absolute Gasteiger partial charge is 0.332 e. The Kier molecular flexibility index (Phi) is 5.23. The van der Waals surface area contributed by atoms with Crippen LogP contribution in [0.4, 0.5) is 0 Å². The highest BCUT2D eigenvalue weighted by Crippen LogP contribution is 2.28. The molecule has 2 aliphatic heterocycles. The van der Waals surface area contributed by atoms with E-state index in [-0.39, 0.29) is 5.91 Å². The molecule has 124 valence electrons. The van der Waals surface area contributed by atoms with Crippen molar-refractivity contribution in [3.05, 3.63) is 30.3 Å². The number of hydrogen-bond acceptors (Lipinski definition) is 4. The molecule has 0 aromatic heterocycles. The van der Waals surface area contributed by atoms with E-state index < -0.39 is 18.2 Å². The number of nitrogens with zero attached hydrogens (tertiary/aromatic N) is 1. The van der Waals surface area contributed by atoms with Crippen LogP contribution >= 0.6 is 11.8 Å². The Bertz CT molecular complexity index is 565. The molecule has 6 heteroatoms. The maximum absolute atomic E-state index is 12.4. The number of carbonyl (C=O) groups excluding carboxylic acids is 1. The van der Waals surface area contributed by atoms with Gasteiger partial charge in [-0.2, -0.15) is 0 Å². The van der Waals surface area contributed by atoms with E-state index in [4.69, 9.17) is 9.84 Å². The number of ether oxygens (including phenoxy) is 1. The zero-order valence-electron chi connectivity index (χ0n) is 12.9. The van der Waals surface area contributed by atoms with E-state index in [2.05, 4.69) is 12.1 Å². The first-order chi connectivity index (χ1) is 11.1. The molecular weight excluding hydrogens is 314 g/mol. The third-order valence-electron chi connectivity index (χ3n) is 4.40. The van der Waals surface area contributed by atoms with Crippen LogP contribution in [0.25, 0.3) is 0 Å². The Hall–Kier alpha value is -1.53. The van der Waals surface area contributed by atoms with Gasteiger partial charge in [-0.05, 0) is 37.3 Å². The van der Waals surface area contributed by atoms with Gasteiger partial charge in [-0.3, -0.25) is 4.79 Å². The predicted molar refractivity (Wildman–Crippen MR) is 87.4 cm³/mol. The van der Waals surface area contributed by atoms with Crippen molar-refractivity contribution in [2.75, 3.05) is 18.8 Å². The van der Waals surface area contributed by atoms with Crippen molar-refractivity contribution < 1.29 is 19.4 Å². The highest BCUT2D eigenvalue weighted by atomic mass is 32.2. The predicted octanol–water partition coefficient (Wildman–Crippen LogP) is 2.26. The lowest BCUT2D eigenvalue weighted by atomic mass is 10.1. The molecule has 0 spiro atoms. The van der Waals surface area contributed by atoms with Crippen LogP contribution in [0.15, 0.2) is 35.2 Å².